The molecular weight excluding hydrogens is 176 g/mol. The molecule has 0 aliphatic carbocycles. The molecule has 1 aromatic carbocycles. The van der Waals surface area contributed by atoms with E-state index in [1.807, 2.05) is 0 Å². The van der Waals surface area contributed by atoms with Crippen molar-refractivity contribution in [2.45, 2.75) is 33.1 Å². The number of benzene rings is 1. The Bertz CT molecular complexity index is 250. The first-order valence-electron chi connectivity index (χ1n) is 4.82. The third kappa shape index (κ3) is 6.23. The fraction of sp³-hybridized carbons (Fsp3) is 0.417. The lowest BCUT2D eigenvalue weighted by atomic mass is 9.99. The highest BCUT2D eigenvalue weighted by atomic mass is 16.4. The molecule has 0 radical (unpaired) electrons. The summed E-state index contributed by atoms with van der Waals surface area (Å²) < 4.78 is 0. The summed E-state index contributed by atoms with van der Waals surface area (Å²) in [6, 6.07) is 10.6. The number of carboxylic acids is 1. The molecule has 1 aromatic rings. The van der Waals surface area contributed by atoms with Gasteiger partial charge in [-0.05, 0) is 17.9 Å². The van der Waals surface area contributed by atoms with Crippen molar-refractivity contribution in [2.75, 3.05) is 0 Å². The minimum Gasteiger partial charge on any atom is -0.481 e. The van der Waals surface area contributed by atoms with Crippen molar-refractivity contribution in [2.24, 2.45) is 0 Å². The fourth-order valence-electron chi connectivity index (χ4n) is 1.02. The molecule has 1 N–H and O–H groups in total. The molecular formula is C12H18O2. The molecule has 2 heteroatoms. The summed E-state index contributed by atoms with van der Waals surface area (Å²) in [5.74, 6) is -0.124. The van der Waals surface area contributed by atoms with Crippen molar-refractivity contribution < 1.29 is 9.90 Å². The molecule has 78 valence electrons. The zero-order chi connectivity index (χ0) is 11.0. The van der Waals surface area contributed by atoms with E-state index in [0.717, 1.165) is 6.92 Å². The van der Waals surface area contributed by atoms with Crippen LogP contribution < -0.4 is 0 Å². The van der Waals surface area contributed by atoms with Crippen molar-refractivity contribution in [3.05, 3.63) is 35.9 Å². The summed E-state index contributed by atoms with van der Waals surface area (Å²) in [5, 5.41) is 7.42. The molecule has 14 heavy (non-hydrogen) atoms. The van der Waals surface area contributed by atoms with Crippen molar-refractivity contribution in [3.63, 3.8) is 0 Å². The largest absolute Gasteiger partial charge is 0.481 e. The highest BCUT2D eigenvalue weighted by molar-refractivity contribution is 5.62. The van der Waals surface area contributed by atoms with E-state index in [-0.39, 0.29) is 0 Å². The lowest BCUT2D eigenvalue weighted by Crippen LogP contribution is -1.88. The Morgan fingerprint density at radius 1 is 1.36 bits per heavy atom. The average molecular weight is 194 g/mol. The van der Waals surface area contributed by atoms with Crippen molar-refractivity contribution in [3.8, 4) is 0 Å². The Kier molecular flexibility index (Phi) is 6.46. The van der Waals surface area contributed by atoms with Gasteiger partial charge < -0.3 is 5.11 Å². The summed E-state index contributed by atoms with van der Waals surface area (Å²) >= 11 is 0. The zero-order valence-corrected chi connectivity index (χ0v) is 9.03. The van der Waals surface area contributed by atoms with Crippen LogP contribution in [0.1, 0.15) is 38.7 Å². The van der Waals surface area contributed by atoms with Crippen LogP contribution in [0.5, 0.6) is 0 Å². The van der Waals surface area contributed by atoms with Gasteiger partial charge in [-0.25, -0.2) is 0 Å². The second kappa shape index (κ2) is 7.13. The average Bonchev–Trinajstić information content (AvgIpc) is 2.17. The maximum Gasteiger partial charge on any atom is 0.300 e. The van der Waals surface area contributed by atoms with Crippen LogP contribution in [0.25, 0.3) is 0 Å². The van der Waals surface area contributed by atoms with Crippen molar-refractivity contribution in [1.29, 1.82) is 0 Å². The smallest absolute Gasteiger partial charge is 0.300 e. The Morgan fingerprint density at radius 3 is 2.14 bits per heavy atom. The molecule has 2 nitrogen and oxygen atoms in total. The zero-order valence-electron chi connectivity index (χ0n) is 9.03. The molecule has 0 aromatic heterocycles. The third-order valence-corrected chi connectivity index (χ3v) is 1.98. The Morgan fingerprint density at radius 2 is 1.79 bits per heavy atom. The summed E-state index contributed by atoms with van der Waals surface area (Å²) in [4.78, 5) is 9.00. The lowest BCUT2D eigenvalue weighted by molar-refractivity contribution is -0.134. The van der Waals surface area contributed by atoms with Crippen LogP contribution in [0.4, 0.5) is 0 Å². The van der Waals surface area contributed by atoms with Gasteiger partial charge in [0, 0.05) is 6.92 Å². The highest BCUT2D eigenvalue weighted by Gasteiger charge is 1.98. The van der Waals surface area contributed by atoms with Crippen LogP contribution in [-0.4, -0.2) is 11.1 Å². The van der Waals surface area contributed by atoms with Gasteiger partial charge in [-0.1, -0.05) is 44.2 Å². The Labute approximate surface area is 85.6 Å². The molecule has 0 heterocycles. The Hall–Kier alpha value is -1.31. The fourth-order valence-corrected chi connectivity index (χ4v) is 1.02. The van der Waals surface area contributed by atoms with Gasteiger partial charge in [0.2, 0.25) is 0 Å². The molecule has 0 saturated heterocycles. The number of rotatable bonds is 2. The lowest BCUT2D eigenvalue weighted by Gasteiger charge is -2.06. The second-order valence-electron chi connectivity index (χ2n) is 3.24. The molecule has 0 saturated carbocycles. The van der Waals surface area contributed by atoms with Crippen molar-refractivity contribution in [1.82, 2.24) is 0 Å². The van der Waals surface area contributed by atoms with E-state index < -0.39 is 5.97 Å². The van der Waals surface area contributed by atoms with Crippen molar-refractivity contribution >= 4 is 5.97 Å². The van der Waals surface area contributed by atoms with Gasteiger partial charge in [0.15, 0.2) is 0 Å². The minimum absolute atomic E-state index is 0.709. The van der Waals surface area contributed by atoms with Crippen LogP contribution in [0.2, 0.25) is 0 Å². The van der Waals surface area contributed by atoms with E-state index in [9.17, 15) is 0 Å². The predicted molar refractivity (Wildman–Crippen MR) is 58.5 cm³/mol. The maximum atomic E-state index is 9.00. The van der Waals surface area contributed by atoms with Gasteiger partial charge in [0.1, 0.15) is 0 Å². The molecule has 0 aliphatic rings. The quantitative estimate of drug-likeness (QED) is 0.784. The monoisotopic (exact) mass is 194 g/mol. The van der Waals surface area contributed by atoms with Crippen LogP contribution in [0.3, 0.4) is 0 Å². The maximum absolute atomic E-state index is 9.00. The molecule has 1 unspecified atom stereocenters. The minimum atomic E-state index is -0.833. The van der Waals surface area contributed by atoms with E-state index in [0.29, 0.717) is 5.92 Å². The molecule has 1 atom stereocenters. The number of hydrogen-bond acceptors (Lipinski definition) is 1. The first-order valence-corrected chi connectivity index (χ1v) is 4.82. The highest BCUT2D eigenvalue weighted by Crippen LogP contribution is 2.16. The van der Waals surface area contributed by atoms with E-state index in [1.54, 1.807) is 0 Å². The van der Waals surface area contributed by atoms with Gasteiger partial charge in [0.05, 0.1) is 0 Å². The van der Waals surface area contributed by atoms with Gasteiger partial charge in [-0.3, -0.25) is 4.79 Å². The second-order valence-corrected chi connectivity index (χ2v) is 3.24. The van der Waals surface area contributed by atoms with Crippen LogP contribution >= 0.6 is 0 Å². The summed E-state index contributed by atoms with van der Waals surface area (Å²) in [6.07, 6.45) is 1.23. The van der Waals surface area contributed by atoms with E-state index >= 15 is 0 Å². The first-order chi connectivity index (χ1) is 6.57. The molecule has 0 amide bonds. The van der Waals surface area contributed by atoms with E-state index in [4.69, 9.17) is 9.90 Å². The first kappa shape index (κ1) is 12.7. The van der Waals surface area contributed by atoms with E-state index in [2.05, 4.69) is 44.2 Å². The van der Waals surface area contributed by atoms with Gasteiger partial charge in [-0.15, -0.1) is 0 Å². The number of carboxylic acid groups (broad SMARTS) is 1. The van der Waals surface area contributed by atoms with Crippen LogP contribution in [0.15, 0.2) is 30.3 Å². The summed E-state index contributed by atoms with van der Waals surface area (Å²) in [7, 11) is 0. The van der Waals surface area contributed by atoms with Gasteiger partial charge >= 0.3 is 0 Å². The number of carbonyl (C=O) groups is 1. The van der Waals surface area contributed by atoms with Crippen LogP contribution in [0, 0.1) is 0 Å². The molecule has 0 aliphatic heterocycles. The standard InChI is InChI=1S/C10H14.C2H4O2/c1-3-9(2)10-7-5-4-6-8-10;1-2(3)4/h4-9H,3H2,1-2H3;1H3,(H,3,4). The number of aliphatic carboxylic acids is 1. The van der Waals surface area contributed by atoms with Gasteiger partial charge in [0.25, 0.3) is 5.97 Å². The third-order valence-electron chi connectivity index (χ3n) is 1.98. The predicted octanol–water partition coefficient (Wildman–Crippen LogP) is 3.29. The van der Waals surface area contributed by atoms with Gasteiger partial charge in [-0.2, -0.15) is 0 Å². The van der Waals surface area contributed by atoms with Crippen LogP contribution in [-0.2, 0) is 4.79 Å². The topological polar surface area (TPSA) is 37.3 Å². The SMILES string of the molecule is CC(=O)O.CCC(C)c1ccccc1. The molecule has 0 bridgehead atoms. The molecule has 1 rings (SSSR count). The number of hydrogen-bond donors (Lipinski definition) is 1. The normalized spacial score (nSPS) is 11.1. The van der Waals surface area contributed by atoms with E-state index in [1.165, 1.54) is 12.0 Å². The summed E-state index contributed by atoms with van der Waals surface area (Å²) in [6.45, 7) is 5.56. The summed E-state index contributed by atoms with van der Waals surface area (Å²) in [5.41, 5.74) is 1.45. The molecule has 0 fully saturated rings. The Balaban J connectivity index is 0.000000364. The molecule has 0 spiro atoms.